The van der Waals surface area contributed by atoms with Crippen LogP contribution in [0.3, 0.4) is 0 Å². The lowest BCUT2D eigenvalue weighted by Crippen LogP contribution is -2.33. The Morgan fingerprint density at radius 2 is 1.80 bits per heavy atom. The van der Waals surface area contributed by atoms with Gasteiger partial charge in [0.25, 0.3) is 5.91 Å². The summed E-state index contributed by atoms with van der Waals surface area (Å²) in [4.78, 5) is 15.1. The van der Waals surface area contributed by atoms with Gasteiger partial charge in [0.15, 0.2) is 11.5 Å². The molecule has 1 amide bonds. The normalized spacial score (nSPS) is 16.6. The van der Waals surface area contributed by atoms with E-state index in [2.05, 4.69) is 16.4 Å². The minimum absolute atomic E-state index is 0.369. The molecule has 2 aliphatic rings. The largest absolute Gasteiger partial charge is 0.486 e. The second kappa shape index (κ2) is 9.13. The van der Waals surface area contributed by atoms with Gasteiger partial charge in [-0.3, -0.25) is 4.79 Å². The molecule has 6 nitrogen and oxygen atoms in total. The van der Waals surface area contributed by atoms with Crippen molar-refractivity contribution in [3.63, 3.8) is 0 Å². The van der Waals surface area contributed by atoms with Gasteiger partial charge in [-0.15, -0.1) is 0 Å². The second-order valence-electron chi connectivity index (χ2n) is 8.31. The highest BCUT2D eigenvalue weighted by Crippen LogP contribution is 2.39. The van der Waals surface area contributed by atoms with Crippen molar-refractivity contribution >= 4 is 5.91 Å². The van der Waals surface area contributed by atoms with E-state index in [1.165, 1.54) is 38.0 Å². The van der Waals surface area contributed by atoms with E-state index in [-0.39, 0.29) is 5.91 Å². The van der Waals surface area contributed by atoms with Gasteiger partial charge in [-0.2, -0.15) is 0 Å². The Kier molecular flexibility index (Phi) is 6.32. The van der Waals surface area contributed by atoms with Gasteiger partial charge in [0.2, 0.25) is 0 Å². The summed E-state index contributed by atoms with van der Waals surface area (Å²) in [6, 6.07) is 5.94. The van der Waals surface area contributed by atoms with E-state index in [1.807, 2.05) is 25.1 Å². The first-order chi connectivity index (χ1) is 14.6. The van der Waals surface area contributed by atoms with Crippen LogP contribution in [-0.4, -0.2) is 48.2 Å². The molecule has 2 aliphatic heterocycles. The first-order valence-corrected chi connectivity index (χ1v) is 11.2. The van der Waals surface area contributed by atoms with Crippen LogP contribution in [0.5, 0.6) is 11.5 Å². The van der Waals surface area contributed by atoms with Gasteiger partial charge in [-0.1, -0.05) is 25.8 Å². The third kappa shape index (κ3) is 4.06. The smallest absolute Gasteiger partial charge is 0.251 e. The van der Waals surface area contributed by atoms with Crippen molar-refractivity contribution in [1.29, 1.82) is 0 Å². The van der Waals surface area contributed by atoms with Gasteiger partial charge in [-0.05, 0) is 57.0 Å². The van der Waals surface area contributed by atoms with Gasteiger partial charge in [0.05, 0.1) is 5.56 Å². The Morgan fingerprint density at radius 3 is 2.50 bits per heavy atom. The number of hydrogen-bond acceptors (Lipinski definition) is 4. The van der Waals surface area contributed by atoms with Crippen molar-refractivity contribution in [3.8, 4) is 22.6 Å². The maximum Gasteiger partial charge on any atom is 0.251 e. The third-order valence-corrected chi connectivity index (χ3v) is 6.28. The second-order valence-corrected chi connectivity index (χ2v) is 8.31. The standard InChI is InChI=1S/C24H33N3O3/c1-3-7-19-23(18-8-9-20-21(16-18)30-15-14-29-20)22(24(25)28)17(2)27(19)13-12-26-10-5-4-6-11-26/h8-9,16H,3-7,10-15H2,1-2H3,(H2,25,28). The number of aromatic nitrogens is 1. The Morgan fingerprint density at radius 1 is 1.07 bits per heavy atom. The number of primary amides is 1. The fourth-order valence-electron chi connectivity index (χ4n) is 4.83. The molecule has 0 bridgehead atoms. The number of rotatable bonds is 7. The molecule has 1 aromatic heterocycles. The highest BCUT2D eigenvalue weighted by molar-refractivity contribution is 6.02. The number of nitrogens with two attached hydrogens (primary N) is 1. The highest BCUT2D eigenvalue weighted by atomic mass is 16.6. The van der Waals surface area contributed by atoms with Crippen LogP contribution < -0.4 is 15.2 Å². The van der Waals surface area contributed by atoms with Crippen LogP contribution in [0.2, 0.25) is 0 Å². The van der Waals surface area contributed by atoms with Crippen LogP contribution in [0, 0.1) is 6.92 Å². The van der Waals surface area contributed by atoms with Crippen molar-refractivity contribution < 1.29 is 14.3 Å². The summed E-state index contributed by atoms with van der Waals surface area (Å²) >= 11 is 0. The predicted molar refractivity (Wildman–Crippen MR) is 118 cm³/mol. The molecule has 0 aliphatic carbocycles. The number of nitrogens with zero attached hydrogens (tertiary/aromatic N) is 2. The van der Waals surface area contributed by atoms with Crippen LogP contribution >= 0.6 is 0 Å². The van der Waals surface area contributed by atoms with Crippen LogP contribution in [-0.2, 0) is 13.0 Å². The Hall–Kier alpha value is -2.47. The van der Waals surface area contributed by atoms with E-state index in [9.17, 15) is 4.79 Å². The minimum atomic E-state index is -0.369. The predicted octanol–water partition coefficient (Wildman–Crippen LogP) is 3.77. The lowest BCUT2D eigenvalue weighted by atomic mass is 9.97. The van der Waals surface area contributed by atoms with E-state index in [4.69, 9.17) is 15.2 Å². The van der Waals surface area contributed by atoms with Crippen molar-refractivity contribution in [1.82, 2.24) is 9.47 Å². The monoisotopic (exact) mass is 411 g/mol. The summed E-state index contributed by atoms with van der Waals surface area (Å²) in [7, 11) is 0. The number of carbonyl (C=O) groups excluding carboxylic acids is 1. The topological polar surface area (TPSA) is 69.7 Å². The molecule has 6 heteroatoms. The van der Waals surface area contributed by atoms with Gasteiger partial charge < -0.3 is 24.7 Å². The van der Waals surface area contributed by atoms with Crippen LogP contribution in [0.1, 0.15) is 54.4 Å². The molecule has 3 heterocycles. The highest BCUT2D eigenvalue weighted by Gasteiger charge is 2.26. The number of hydrogen-bond donors (Lipinski definition) is 1. The number of fused-ring (bicyclic) bond motifs is 1. The quantitative estimate of drug-likeness (QED) is 0.753. The lowest BCUT2D eigenvalue weighted by Gasteiger charge is -2.27. The summed E-state index contributed by atoms with van der Waals surface area (Å²) in [5.41, 5.74) is 10.6. The first-order valence-electron chi connectivity index (χ1n) is 11.2. The van der Waals surface area contributed by atoms with E-state index < -0.39 is 0 Å². The molecular formula is C24H33N3O3. The maximum atomic E-state index is 12.5. The third-order valence-electron chi connectivity index (χ3n) is 6.28. The van der Waals surface area contributed by atoms with E-state index in [0.717, 1.165) is 54.3 Å². The lowest BCUT2D eigenvalue weighted by molar-refractivity contribution is 0.1000. The number of benzene rings is 1. The molecule has 0 radical (unpaired) electrons. The minimum Gasteiger partial charge on any atom is -0.486 e. The van der Waals surface area contributed by atoms with Crippen LogP contribution in [0.4, 0.5) is 0 Å². The number of carbonyl (C=O) groups is 1. The molecule has 0 atom stereocenters. The number of likely N-dealkylation sites (tertiary alicyclic amines) is 1. The van der Waals surface area contributed by atoms with E-state index in [0.29, 0.717) is 18.8 Å². The van der Waals surface area contributed by atoms with Gasteiger partial charge in [0.1, 0.15) is 13.2 Å². The van der Waals surface area contributed by atoms with Crippen molar-refractivity contribution in [2.45, 2.75) is 52.5 Å². The molecule has 0 unspecified atom stereocenters. The van der Waals surface area contributed by atoms with Gasteiger partial charge in [0, 0.05) is 30.0 Å². The van der Waals surface area contributed by atoms with Crippen molar-refractivity contribution in [2.75, 3.05) is 32.8 Å². The molecule has 1 aromatic carbocycles. The van der Waals surface area contributed by atoms with Gasteiger partial charge >= 0.3 is 0 Å². The molecule has 0 spiro atoms. The SMILES string of the molecule is CCCc1c(-c2ccc3c(c2)OCCO3)c(C(N)=O)c(C)n1CCN1CCCCC1. The summed E-state index contributed by atoms with van der Waals surface area (Å²) < 4.78 is 13.8. The molecule has 1 saturated heterocycles. The zero-order valence-corrected chi connectivity index (χ0v) is 18.2. The zero-order valence-electron chi connectivity index (χ0n) is 18.2. The Labute approximate surface area is 178 Å². The fraction of sp³-hybridized carbons (Fsp3) is 0.542. The number of amides is 1. The molecule has 30 heavy (non-hydrogen) atoms. The average Bonchev–Trinajstić information content (AvgIpc) is 3.04. The fourth-order valence-corrected chi connectivity index (χ4v) is 4.83. The molecule has 2 aromatic rings. The van der Waals surface area contributed by atoms with Crippen LogP contribution in [0.25, 0.3) is 11.1 Å². The zero-order chi connectivity index (χ0) is 21.1. The molecule has 1 fully saturated rings. The summed E-state index contributed by atoms with van der Waals surface area (Å²) in [5.74, 6) is 1.12. The van der Waals surface area contributed by atoms with E-state index in [1.54, 1.807) is 0 Å². The van der Waals surface area contributed by atoms with Crippen molar-refractivity contribution in [2.24, 2.45) is 5.73 Å². The average molecular weight is 412 g/mol. The number of piperidine rings is 1. The van der Waals surface area contributed by atoms with Crippen molar-refractivity contribution in [3.05, 3.63) is 35.2 Å². The molecular weight excluding hydrogens is 378 g/mol. The maximum absolute atomic E-state index is 12.5. The van der Waals surface area contributed by atoms with E-state index >= 15 is 0 Å². The van der Waals surface area contributed by atoms with Gasteiger partial charge in [-0.25, -0.2) is 0 Å². The molecule has 0 saturated carbocycles. The summed E-state index contributed by atoms with van der Waals surface area (Å²) in [6.45, 7) is 9.52. The molecule has 162 valence electrons. The molecule has 2 N–H and O–H groups in total. The first kappa shape index (κ1) is 20.8. The van der Waals surface area contributed by atoms with Crippen LogP contribution in [0.15, 0.2) is 18.2 Å². The summed E-state index contributed by atoms with van der Waals surface area (Å²) in [6.07, 6.45) is 5.80. The Balaban J connectivity index is 1.75. The molecule has 4 rings (SSSR count). The Bertz CT molecular complexity index is 913. The summed E-state index contributed by atoms with van der Waals surface area (Å²) in [5, 5.41) is 0. The number of ether oxygens (including phenoxy) is 2.